The van der Waals surface area contributed by atoms with Gasteiger partial charge >= 0.3 is 0 Å². The summed E-state index contributed by atoms with van der Waals surface area (Å²) in [5, 5.41) is 6.93. The molecule has 0 radical (unpaired) electrons. The summed E-state index contributed by atoms with van der Waals surface area (Å²) in [6.45, 7) is 9.55. The van der Waals surface area contributed by atoms with Crippen LogP contribution < -0.4 is 25.2 Å². The minimum Gasteiger partial charge on any atom is -0.493 e. The van der Waals surface area contributed by atoms with Crippen molar-refractivity contribution in [3.05, 3.63) is 76.9 Å². The topological polar surface area (TPSA) is 133 Å². The summed E-state index contributed by atoms with van der Waals surface area (Å²) < 4.78 is 5.56. The summed E-state index contributed by atoms with van der Waals surface area (Å²) in [6.07, 6.45) is 4.93. The Morgan fingerprint density at radius 1 is 1.15 bits per heavy atom. The summed E-state index contributed by atoms with van der Waals surface area (Å²) in [7, 11) is 1.54. The highest BCUT2D eigenvalue weighted by atomic mass is 35.5. The molecule has 3 aromatic heterocycles. The number of carbonyl (C=O) groups excluding carboxylic acids is 3. The van der Waals surface area contributed by atoms with Gasteiger partial charge in [-0.3, -0.25) is 14.4 Å². The number of amides is 3. The number of benzene rings is 1. The number of rotatable bonds is 8. The summed E-state index contributed by atoms with van der Waals surface area (Å²) in [6, 6.07) is 10.8. The summed E-state index contributed by atoms with van der Waals surface area (Å²) in [5.41, 5.74) is 3.31. The lowest BCUT2D eigenvalue weighted by molar-refractivity contribution is -0.131. The Morgan fingerprint density at radius 3 is 2.72 bits per heavy atom. The zero-order valence-electron chi connectivity index (χ0n) is 26.1. The summed E-state index contributed by atoms with van der Waals surface area (Å²) in [5.74, 6) is 1.05. The van der Waals surface area contributed by atoms with E-state index in [0.717, 1.165) is 16.9 Å². The molecule has 1 unspecified atom stereocenters. The Labute approximate surface area is 281 Å². The Morgan fingerprint density at radius 2 is 1.98 bits per heavy atom. The van der Waals surface area contributed by atoms with E-state index in [1.165, 1.54) is 19.4 Å². The average Bonchev–Trinajstić information content (AvgIpc) is 3.56. The molecule has 1 aromatic carbocycles. The number of carbonyl (C=O) groups is 3. The maximum atomic E-state index is 13.0. The zero-order valence-corrected chi connectivity index (χ0v) is 27.7. The number of pyridine rings is 2. The van der Waals surface area contributed by atoms with E-state index < -0.39 is 0 Å². The normalized spacial score (nSPS) is 15.4. The fourth-order valence-corrected chi connectivity index (χ4v) is 6.72. The highest BCUT2D eigenvalue weighted by molar-refractivity contribution is 7.17. The minimum absolute atomic E-state index is 0.0807. The van der Waals surface area contributed by atoms with Crippen LogP contribution in [0, 0.1) is 6.92 Å². The number of methoxy groups -OCH3 is 1. The molecule has 2 N–H and O–H groups in total. The molecule has 2 aliphatic rings. The van der Waals surface area contributed by atoms with Crippen molar-refractivity contribution < 1.29 is 19.1 Å². The highest BCUT2D eigenvalue weighted by Crippen LogP contribution is 2.39. The molecule has 47 heavy (non-hydrogen) atoms. The lowest BCUT2D eigenvalue weighted by Crippen LogP contribution is -2.61. The third-order valence-corrected chi connectivity index (χ3v) is 9.40. The van der Waals surface area contributed by atoms with Gasteiger partial charge in [0.2, 0.25) is 5.91 Å². The molecule has 1 saturated heterocycles. The molecule has 12 nitrogen and oxygen atoms in total. The van der Waals surface area contributed by atoms with E-state index in [2.05, 4.69) is 27.1 Å². The van der Waals surface area contributed by atoms with Gasteiger partial charge in [-0.15, -0.1) is 0 Å². The lowest BCUT2D eigenvalue weighted by atomic mass is 10.0. The number of anilines is 5. The number of hydrogen-bond acceptors (Lipinski definition) is 10. The van der Waals surface area contributed by atoms with Gasteiger partial charge in [0.05, 0.1) is 41.4 Å². The average molecular weight is 673 g/mol. The molecule has 0 bridgehead atoms. The zero-order chi connectivity index (χ0) is 33.2. The third-order valence-electron chi connectivity index (χ3n) is 8.17. The molecule has 6 rings (SSSR count). The second-order valence-corrected chi connectivity index (χ2v) is 12.5. The minimum atomic E-state index is -0.334. The second-order valence-electron chi connectivity index (χ2n) is 11.0. The van der Waals surface area contributed by atoms with Crippen LogP contribution in [0.2, 0.25) is 5.02 Å². The van der Waals surface area contributed by atoms with E-state index in [1.54, 1.807) is 29.3 Å². The first-order chi connectivity index (χ1) is 22.7. The Hall–Kier alpha value is -5.01. The molecule has 3 amide bonds. The van der Waals surface area contributed by atoms with Crippen LogP contribution in [0.15, 0.2) is 61.4 Å². The van der Waals surface area contributed by atoms with Crippen molar-refractivity contribution in [2.45, 2.75) is 26.3 Å². The summed E-state index contributed by atoms with van der Waals surface area (Å²) >= 11 is 7.45. The van der Waals surface area contributed by atoms with Crippen molar-refractivity contribution in [3.63, 3.8) is 0 Å². The third kappa shape index (κ3) is 6.36. The quantitative estimate of drug-likeness (QED) is 0.232. The van der Waals surface area contributed by atoms with E-state index in [9.17, 15) is 14.4 Å². The van der Waals surface area contributed by atoms with E-state index in [-0.39, 0.29) is 23.8 Å². The first kappa shape index (κ1) is 32.0. The second kappa shape index (κ2) is 13.4. The van der Waals surface area contributed by atoms with Crippen LogP contribution in [0.25, 0.3) is 11.3 Å². The maximum Gasteiger partial charge on any atom is 0.267 e. The van der Waals surface area contributed by atoms with Crippen LogP contribution in [0.5, 0.6) is 5.75 Å². The van der Waals surface area contributed by atoms with Gasteiger partial charge in [-0.2, -0.15) is 0 Å². The van der Waals surface area contributed by atoms with Crippen LogP contribution in [0.4, 0.5) is 28.1 Å². The van der Waals surface area contributed by atoms with Crippen LogP contribution >= 0.6 is 22.9 Å². The number of nitrogens with zero attached hydrogens (tertiary/aromatic N) is 6. The molecule has 242 valence electrons. The maximum absolute atomic E-state index is 13.0. The Bertz CT molecular complexity index is 1860. The van der Waals surface area contributed by atoms with Crippen molar-refractivity contribution in [2.24, 2.45) is 0 Å². The Balaban J connectivity index is 1.26. The standard InChI is InChI=1S/C33H33ClN8O4S/c1-5-27(43)40-12-13-41-21(17-40)18-42(28(44)6-2)24-14-20(15-35-31(24)41)23-10-11-25(46-4)30(37-23)39-33-36-16-26(47-33)32(45)38-29-19(3)8-7-9-22(29)34/h6-11,14-16,21H,2,5,12-13,17-18H2,1,3-4H3,(H,38,45)(H,36,37,39). The summed E-state index contributed by atoms with van der Waals surface area (Å²) in [4.78, 5) is 58.5. The SMILES string of the molecule is C=CC(=O)N1CC2CN(C(=O)CC)CCN2c2ncc(-c3ccc(OC)c(Nc4ncc(C(=O)Nc5c(C)cccc5Cl)s4)n3)cc21. The van der Waals surface area contributed by atoms with Crippen molar-refractivity contribution in [2.75, 3.05) is 53.7 Å². The number of fused-ring (bicyclic) bond motifs is 3. The van der Waals surface area contributed by atoms with Crippen LogP contribution in [0.3, 0.4) is 0 Å². The van der Waals surface area contributed by atoms with E-state index in [4.69, 9.17) is 26.3 Å². The van der Waals surface area contributed by atoms with Gasteiger partial charge < -0.3 is 30.1 Å². The van der Waals surface area contributed by atoms with Crippen molar-refractivity contribution >= 4 is 68.8 Å². The fraction of sp³-hybridized carbons (Fsp3) is 0.273. The number of halogens is 1. The van der Waals surface area contributed by atoms with Crippen LogP contribution in [-0.2, 0) is 9.59 Å². The molecule has 1 atom stereocenters. The van der Waals surface area contributed by atoms with Crippen molar-refractivity contribution in [1.82, 2.24) is 19.9 Å². The largest absolute Gasteiger partial charge is 0.493 e. The number of nitrogens with one attached hydrogen (secondary N) is 2. The van der Waals surface area contributed by atoms with Gasteiger partial charge in [0, 0.05) is 44.4 Å². The smallest absolute Gasteiger partial charge is 0.267 e. The van der Waals surface area contributed by atoms with Crippen LogP contribution in [0.1, 0.15) is 28.6 Å². The van der Waals surface area contributed by atoms with Gasteiger partial charge in [0.1, 0.15) is 4.88 Å². The van der Waals surface area contributed by atoms with E-state index in [1.807, 2.05) is 36.9 Å². The first-order valence-corrected chi connectivity index (χ1v) is 16.2. The highest BCUT2D eigenvalue weighted by Gasteiger charge is 2.38. The number of ether oxygens (including phenoxy) is 1. The molecule has 0 saturated carbocycles. The molecule has 14 heteroatoms. The molecule has 1 fully saturated rings. The lowest BCUT2D eigenvalue weighted by Gasteiger charge is -2.48. The van der Waals surface area contributed by atoms with Crippen molar-refractivity contribution in [1.29, 1.82) is 0 Å². The number of hydrogen-bond donors (Lipinski definition) is 2. The molecule has 4 aromatic rings. The van der Waals surface area contributed by atoms with Crippen LogP contribution in [-0.4, -0.2) is 76.9 Å². The number of thiazole rings is 1. The number of aromatic nitrogens is 3. The van der Waals surface area contributed by atoms with Gasteiger partial charge in [-0.25, -0.2) is 15.0 Å². The molecule has 0 spiro atoms. The molecular formula is C33H33ClN8O4S. The predicted molar refractivity (Wildman–Crippen MR) is 184 cm³/mol. The monoisotopic (exact) mass is 672 g/mol. The Kier molecular flexibility index (Phi) is 9.10. The number of para-hydroxylation sites is 1. The fourth-order valence-electron chi connectivity index (χ4n) is 5.74. The van der Waals surface area contributed by atoms with E-state index in [0.29, 0.717) is 87.6 Å². The van der Waals surface area contributed by atoms with E-state index >= 15 is 0 Å². The molecule has 5 heterocycles. The first-order valence-electron chi connectivity index (χ1n) is 15.0. The van der Waals surface area contributed by atoms with Gasteiger partial charge in [-0.1, -0.05) is 48.6 Å². The molecular weight excluding hydrogens is 640 g/mol. The van der Waals surface area contributed by atoms with Gasteiger partial charge in [-0.05, 0) is 42.8 Å². The number of piperazine rings is 1. The molecule has 0 aliphatic carbocycles. The molecule has 2 aliphatic heterocycles. The van der Waals surface area contributed by atoms with Crippen molar-refractivity contribution in [3.8, 4) is 17.0 Å². The van der Waals surface area contributed by atoms with Gasteiger partial charge in [0.15, 0.2) is 22.5 Å². The van der Waals surface area contributed by atoms with Gasteiger partial charge in [0.25, 0.3) is 11.8 Å². The number of aryl methyl sites for hydroxylation is 1. The predicted octanol–water partition coefficient (Wildman–Crippen LogP) is 5.53.